The third kappa shape index (κ3) is 17.4. The van der Waals surface area contributed by atoms with Crippen molar-refractivity contribution in [2.75, 3.05) is 20.2 Å². The average molecular weight is 413 g/mol. The third-order valence-corrected chi connectivity index (χ3v) is 3.08. The van der Waals surface area contributed by atoms with Crippen molar-refractivity contribution in [1.82, 2.24) is 5.32 Å². The molecule has 6 heteroatoms. The highest BCUT2D eigenvalue weighted by atomic mass is 127. The number of nitrogens with one attached hydrogen (secondary N) is 1. The fourth-order valence-electron chi connectivity index (χ4n) is 1.76. The van der Waals surface area contributed by atoms with E-state index < -0.39 is 0 Å². The number of carbonyl (C=O) groups is 1. The van der Waals surface area contributed by atoms with Crippen LogP contribution < -0.4 is 11.1 Å². The van der Waals surface area contributed by atoms with Crippen LogP contribution in [0.2, 0.25) is 0 Å². The number of unbranched alkanes of at least 4 members (excludes halogenated alkanes) is 4. The van der Waals surface area contributed by atoms with Crippen LogP contribution in [-0.4, -0.2) is 32.1 Å². The Balaban J connectivity index is 0. The predicted octanol–water partition coefficient (Wildman–Crippen LogP) is 3.07. The largest absolute Gasteiger partial charge is 0.469 e. The van der Waals surface area contributed by atoms with E-state index in [4.69, 9.17) is 5.73 Å². The van der Waals surface area contributed by atoms with Crippen molar-refractivity contribution in [3.05, 3.63) is 0 Å². The van der Waals surface area contributed by atoms with Crippen LogP contribution in [0.3, 0.4) is 0 Å². The summed E-state index contributed by atoms with van der Waals surface area (Å²) >= 11 is 0. The number of aliphatic imine (C=N–C) groups is 1. The predicted molar refractivity (Wildman–Crippen MR) is 99.1 cm³/mol. The second-order valence-electron chi connectivity index (χ2n) is 5.47. The molecule has 0 aliphatic heterocycles. The maximum absolute atomic E-state index is 10.9. The number of guanidine groups is 1. The summed E-state index contributed by atoms with van der Waals surface area (Å²) in [4.78, 5) is 15.2. The lowest BCUT2D eigenvalue weighted by Gasteiger charge is -2.07. The highest BCUT2D eigenvalue weighted by Crippen LogP contribution is 2.06. The molecule has 0 radical (unpaired) electrons. The number of rotatable bonds is 11. The summed E-state index contributed by atoms with van der Waals surface area (Å²) in [5.41, 5.74) is 5.76. The molecule has 0 unspecified atom stereocenters. The molecule has 0 aliphatic carbocycles. The van der Waals surface area contributed by atoms with Gasteiger partial charge in [0.15, 0.2) is 5.96 Å². The molecule has 5 nitrogen and oxygen atoms in total. The Hall–Kier alpha value is -0.530. The number of nitrogens with two attached hydrogens (primary N) is 1. The van der Waals surface area contributed by atoms with Crippen LogP contribution in [0.5, 0.6) is 0 Å². The summed E-state index contributed by atoms with van der Waals surface area (Å²) in [6.07, 6.45) is 6.93. The minimum Gasteiger partial charge on any atom is -0.469 e. The lowest BCUT2D eigenvalue weighted by molar-refractivity contribution is -0.140. The van der Waals surface area contributed by atoms with Gasteiger partial charge in [0.2, 0.25) is 0 Å². The second kappa shape index (κ2) is 15.9. The van der Waals surface area contributed by atoms with E-state index in [2.05, 4.69) is 28.9 Å². The van der Waals surface area contributed by atoms with Gasteiger partial charge in [-0.2, -0.15) is 0 Å². The van der Waals surface area contributed by atoms with Crippen LogP contribution in [0.4, 0.5) is 0 Å². The number of halogens is 1. The molecule has 0 amide bonds. The fourth-order valence-corrected chi connectivity index (χ4v) is 1.76. The number of methoxy groups -OCH3 is 1. The number of hydrogen-bond acceptors (Lipinski definition) is 3. The molecule has 0 aromatic carbocycles. The van der Waals surface area contributed by atoms with E-state index in [1.54, 1.807) is 0 Å². The first kappa shape index (κ1) is 22.7. The Labute approximate surface area is 146 Å². The van der Waals surface area contributed by atoms with E-state index in [1.807, 2.05) is 0 Å². The molecule has 0 aromatic heterocycles. The monoisotopic (exact) mass is 413 g/mol. The van der Waals surface area contributed by atoms with Gasteiger partial charge in [-0.3, -0.25) is 9.79 Å². The minimum absolute atomic E-state index is 0. The molecular weight excluding hydrogens is 381 g/mol. The Morgan fingerprint density at radius 3 is 2.43 bits per heavy atom. The quantitative estimate of drug-likeness (QED) is 0.180. The van der Waals surface area contributed by atoms with Crippen molar-refractivity contribution >= 4 is 35.9 Å². The van der Waals surface area contributed by atoms with Crippen molar-refractivity contribution in [2.24, 2.45) is 16.6 Å². The van der Waals surface area contributed by atoms with E-state index in [9.17, 15) is 4.79 Å². The summed E-state index contributed by atoms with van der Waals surface area (Å²) in [6.45, 7) is 6.04. The number of esters is 1. The average Bonchev–Trinajstić information content (AvgIpc) is 2.40. The molecule has 21 heavy (non-hydrogen) atoms. The van der Waals surface area contributed by atoms with E-state index in [0.29, 0.717) is 18.3 Å². The van der Waals surface area contributed by atoms with Crippen molar-refractivity contribution in [2.45, 2.75) is 58.8 Å². The number of ether oxygens (including phenoxy) is 1. The van der Waals surface area contributed by atoms with Gasteiger partial charge in [-0.05, 0) is 25.2 Å². The first-order valence-corrected chi connectivity index (χ1v) is 7.67. The van der Waals surface area contributed by atoms with Crippen LogP contribution >= 0.6 is 24.0 Å². The maximum atomic E-state index is 10.9. The Morgan fingerprint density at radius 2 is 1.81 bits per heavy atom. The molecule has 0 bridgehead atoms. The van der Waals surface area contributed by atoms with Crippen LogP contribution in [-0.2, 0) is 9.53 Å². The van der Waals surface area contributed by atoms with Crippen molar-refractivity contribution in [1.29, 1.82) is 0 Å². The van der Waals surface area contributed by atoms with Gasteiger partial charge in [0.05, 0.1) is 7.11 Å². The Bertz CT molecular complexity index is 284. The standard InChI is InChI=1S/C15H31N3O2.HI/c1-13(2)10-12-18-15(16)17-11-8-6-4-5-7-9-14(19)20-3;/h13H,4-12H2,1-3H3,(H3,16,17,18);1H. The number of carbonyl (C=O) groups excluding carboxylic acids is 1. The zero-order valence-corrected chi connectivity index (χ0v) is 16.0. The topological polar surface area (TPSA) is 76.7 Å². The van der Waals surface area contributed by atoms with Gasteiger partial charge in [-0.25, -0.2) is 0 Å². The first-order chi connectivity index (χ1) is 9.56. The van der Waals surface area contributed by atoms with E-state index in [-0.39, 0.29) is 29.9 Å². The lowest BCUT2D eigenvalue weighted by atomic mass is 10.1. The maximum Gasteiger partial charge on any atom is 0.305 e. The molecule has 126 valence electrons. The molecule has 0 saturated heterocycles. The molecule has 0 aromatic rings. The van der Waals surface area contributed by atoms with Gasteiger partial charge < -0.3 is 15.8 Å². The van der Waals surface area contributed by atoms with Gasteiger partial charge in [0.25, 0.3) is 0 Å². The van der Waals surface area contributed by atoms with E-state index in [1.165, 1.54) is 7.11 Å². The SMILES string of the molecule is COC(=O)CCCCCCCN=C(N)NCCC(C)C.I. The van der Waals surface area contributed by atoms with E-state index in [0.717, 1.165) is 51.6 Å². The minimum atomic E-state index is -0.116. The number of hydrogen-bond donors (Lipinski definition) is 2. The molecule has 0 heterocycles. The van der Waals surface area contributed by atoms with Gasteiger partial charge >= 0.3 is 5.97 Å². The molecule has 3 N–H and O–H groups in total. The molecular formula is C15H32IN3O2. The van der Waals surface area contributed by atoms with Crippen LogP contribution in [0.15, 0.2) is 4.99 Å². The molecule has 0 aliphatic rings. The van der Waals surface area contributed by atoms with Gasteiger partial charge in [-0.1, -0.05) is 33.1 Å². The van der Waals surface area contributed by atoms with Crippen LogP contribution in [0.25, 0.3) is 0 Å². The van der Waals surface area contributed by atoms with Gasteiger partial charge in [-0.15, -0.1) is 24.0 Å². The fraction of sp³-hybridized carbons (Fsp3) is 0.867. The van der Waals surface area contributed by atoms with Gasteiger partial charge in [0.1, 0.15) is 0 Å². The summed E-state index contributed by atoms with van der Waals surface area (Å²) in [7, 11) is 1.43. The zero-order valence-electron chi connectivity index (χ0n) is 13.7. The molecule has 0 atom stereocenters. The van der Waals surface area contributed by atoms with Crippen molar-refractivity contribution in [3.63, 3.8) is 0 Å². The van der Waals surface area contributed by atoms with Crippen LogP contribution in [0.1, 0.15) is 58.8 Å². The third-order valence-electron chi connectivity index (χ3n) is 3.08. The smallest absolute Gasteiger partial charge is 0.305 e. The molecule has 0 rings (SSSR count). The summed E-state index contributed by atoms with van der Waals surface area (Å²) in [5.74, 6) is 1.12. The summed E-state index contributed by atoms with van der Waals surface area (Å²) < 4.78 is 4.59. The lowest BCUT2D eigenvalue weighted by Crippen LogP contribution is -2.33. The summed E-state index contributed by atoms with van der Waals surface area (Å²) in [6, 6.07) is 0. The molecule has 0 spiro atoms. The highest BCUT2D eigenvalue weighted by molar-refractivity contribution is 14.0. The Morgan fingerprint density at radius 1 is 1.19 bits per heavy atom. The molecule has 0 fully saturated rings. The van der Waals surface area contributed by atoms with Crippen LogP contribution in [0, 0.1) is 5.92 Å². The van der Waals surface area contributed by atoms with Crippen molar-refractivity contribution < 1.29 is 9.53 Å². The van der Waals surface area contributed by atoms with Gasteiger partial charge in [0, 0.05) is 19.5 Å². The van der Waals surface area contributed by atoms with Crippen molar-refractivity contribution in [3.8, 4) is 0 Å². The summed E-state index contributed by atoms with van der Waals surface area (Å²) in [5, 5.41) is 3.12. The first-order valence-electron chi connectivity index (χ1n) is 7.67. The highest BCUT2D eigenvalue weighted by Gasteiger charge is 1.99. The molecule has 0 saturated carbocycles. The zero-order chi connectivity index (χ0) is 15.2. The number of nitrogens with zero attached hydrogens (tertiary/aromatic N) is 1. The van der Waals surface area contributed by atoms with E-state index >= 15 is 0 Å². The second-order valence-corrected chi connectivity index (χ2v) is 5.47. The Kier molecular flexibility index (Phi) is 17.2. The normalized spacial score (nSPS) is 11.1.